The van der Waals surface area contributed by atoms with E-state index >= 15 is 0 Å². The van der Waals surface area contributed by atoms with Gasteiger partial charge in [-0.05, 0) is 56.2 Å². The zero-order valence-corrected chi connectivity index (χ0v) is 17.4. The number of anilines is 1. The molecule has 0 aromatic heterocycles. The van der Waals surface area contributed by atoms with Gasteiger partial charge in [-0.25, -0.2) is 22.3 Å². The lowest BCUT2D eigenvalue weighted by Crippen LogP contribution is -2.42. The van der Waals surface area contributed by atoms with E-state index in [-0.39, 0.29) is 6.10 Å². The number of rotatable bonds is 8. The number of sulfonamides is 1. The van der Waals surface area contributed by atoms with E-state index in [0.717, 1.165) is 5.41 Å². The number of amides is 2. The van der Waals surface area contributed by atoms with Crippen molar-refractivity contribution in [2.45, 2.75) is 33.3 Å². The number of nitrogens with one attached hydrogen (secondary N) is 1. The molecule has 0 saturated carbocycles. The van der Waals surface area contributed by atoms with Gasteiger partial charge in [-0.1, -0.05) is 25.1 Å². The van der Waals surface area contributed by atoms with Crippen LogP contribution in [0.2, 0.25) is 0 Å². The summed E-state index contributed by atoms with van der Waals surface area (Å²) >= 11 is 0. The standard InChI is InChI=1S/C21H25FN2O4S/c1-4-13-24(19-6-5-7-20(15-19)28-16(2)3)21(25)23-29(26,27)14-12-17-8-10-18(22)11-9-17/h5-12,14-16H,4,13H2,1-3H3,(H,23,25)/b14-12+. The Balaban J connectivity index is 2.17. The van der Waals surface area contributed by atoms with Crippen molar-refractivity contribution >= 4 is 27.8 Å². The number of ether oxygens (including phenoxy) is 1. The van der Waals surface area contributed by atoms with Gasteiger partial charge < -0.3 is 4.74 Å². The lowest BCUT2D eigenvalue weighted by molar-refractivity contribution is 0.242. The minimum atomic E-state index is -4.04. The number of halogens is 1. The molecule has 6 nitrogen and oxygen atoms in total. The van der Waals surface area contributed by atoms with Crippen LogP contribution in [0.25, 0.3) is 6.08 Å². The van der Waals surface area contributed by atoms with Gasteiger partial charge in [0.05, 0.1) is 11.5 Å². The van der Waals surface area contributed by atoms with E-state index in [1.54, 1.807) is 24.3 Å². The molecular weight excluding hydrogens is 395 g/mol. The molecule has 0 aliphatic carbocycles. The predicted octanol–water partition coefficient (Wildman–Crippen LogP) is 4.54. The summed E-state index contributed by atoms with van der Waals surface area (Å²) in [7, 11) is -4.04. The Bertz CT molecular complexity index is 957. The third-order valence-corrected chi connectivity index (χ3v) is 4.69. The summed E-state index contributed by atoms with van der Waals surface area (Å²) in [5.41, 5.74) is 1.02. The third kappa shape index (κ3) is 7.23. The van der Waals surface area contributed by atoms with Crippen LogP contribution < -0.4 is 14.4 Å². The van der Waals surface area contributed by atoms with Crippen molar-refractivity contribution in [2.24, 2.45) is 0 Å². The lowest BCUT2D eigenvalue weighted by Gasteiger charge is -2.23. The Morgan fingerprint density at radius 1 is 1.21 bits per heavy atom. The van der Waals surface area contributed by atoms with Crippen LogP contribution >= 0.6 is 0 Å². The zero-order chi connectivity index (χ0) is 21.4. The Labute approximate surface area is 171 Å². The van der Waals surface area contributed by atoms with Crippen molar-refractivity contribution in [3.63, 3.8) is 0 Å². The second kappa shape index (κ2) is 10.1. The van der Waals surface area contributed by atoms with Gasteiger partial charge in [0.2, 0.25) is 0 Å². The van der Waals surface area contributed by atoms with Crippen LogP contribution in [-0.2, 0) is 10.0 Å². The number of hydrogen-bond donors (Lipinski definition) is 1. The molecular formula is C21H25FN2O4S. The first-order chi connectivity index (χ1) is 13.7. The monoisotopic (exact) mass is 420 g/mol. The van der Waals surface area contributed by atoms with Gasteiger partial charge in [0.15, 0.2) is 0 Å². The van der Waals surface area contributed by atoms with Crippen LogP contribution in [0.1, 0.15) is 32.8 Å². The Kier molecular flexibility index (Phi) is 7.78. The lowest BCUT2D eigenvalue weighted by atomic mass is 10.2. The minimum Gasteiger partial charge on any atom is -0.491 e. The van der Waals surface area contributed by atoms with E-state index in [4.69, 9.17) is 4.74 Å². The Morgan fingerprint density at radius 2 is 1.90 bits per heavy atom. The Hall–Kier alpha value is -2.87. The van der Waals surface area contributed by atoms with Crippen LogP contribution in [0.5, 0.6) is 5.75 Å². The number of nitrogens with zero attached hydrogens (tertiary/aromatic N) is 1. The second-order valence-corrected chi connectivity index (χ2v) is 8.19. The average molecular weight is 421 g/mol. The van der Waals surface area contributed by atoms with E-state index in [9.17, 15) is 17.6 Å². The quantitative estimate of drug-likeness (QED) is 0.680. The van der Waals surface area contributed by atoms with Crippen LogP contribution in [0.3, 0.4) is 0 Å². The molecule has 0 radical (unpaired) electrons. The van der Waals surface area contributed by atoms with E-state index in [2.05, 4.69) is 0 Å². The van der Waals surface area contributed by atoms with Crippen LogP contribution in [0, 0.1) is 5.82 Å². The average Bonchev–Trinajstić information content (AvgIpc) is 2.65. The first kappa shape index (κ1) is 22.4. The third-order valence-electron chi connectivity index (χ3n) is 3.73. The summed E-state index contributed by atoms with van der Waals surface area (Å²) in [6.45, 7) is 6.00. The molecule has 2 amide bonds. The summed E-state index contributed by atoms with van der Waals surface area (Å²) in [4.78, 5) is 14.0. The van der Waals surface area contributed by atoms with Crippen molar-refractivity contribution in [2.75, 3.05) is 11.4 Å². The summed E-state index contributed by atoms with van der Waals surface area (Å²) in [6.07, 6.45) is 1.89. The van der Waals surface area contributed by atoms with Crippen molar-refractivity contribution in [1.82, 2.24) is 4.72 Å². The van der Waals surface area contributed by atoms with Gasteiger partial charge >= 0.3 is 6.03 Å². The molecule has 29 heavy (non-hydrogen) atoms. The highest BCUT2D eigenvalue weighted by Gasteiger charge is 2.20. The molecule has 0 atom stereocenters. The molecule has 156 valence electrons. The highest BCUT2D eigenvalue weighted by molar-refractivity contribution is 7.93. The van der Waals surface area contributed by atoms with Crippen molar-refractivity contribution in [1.29, 1.82) is 0 Å². The molecule has 1 N–H and O–H groups in total. The topological polar surface area (TPSA) is 75.7 Å². The minimum absolute atomic E-state index is 0.0318. The van der Waals surface area contributed by atoms with Crippen molar-refractivity contribution in [3.05, 3.63) is 65.3 Å². The molecule has 0 fully saturated rings. The van der Waals surface area contributed by atoms with Crippen molar-refractivity contribution in [3.8, 4) is 5.75 Å². The maximum atomic E-state index is 12.9. The van der Waals surface area contributed by atoms with E-state index < -0.39 is 21.9 Å². The van der Waals surface area contributed by atoms with E-state index in [0.29, 0.717) is 30.0 Å². The van der Waals surface area contributed by atoms with Gasteiger partial charge in [-0.15, -0.1) is 0 Å². The number of carbonyl (C=O) groups excluding carboxylic acids is 1. The summed E-state index contributed by atoms with van der Waals surface area (Å²) < 4.78 is 45.2. The maximum absolute atomic E-state index is 12.9. The number of urea groups is 1. The molecule has 2 aromatic rings. The highest BCUT2D eigenvalue weighted by atomic mass is 32.2. The number of benzene rings is 2. The van der Waals surface area contributed by atoms with Gasteiger partial charge in [0.25, 0.3) is 10.0 Å². The number of carbonyl (C=O) groups is 1. The molecule has 0 saturated heterocycles. The summed E-state index contributed by atoms with van der Waals surface area (Å²) in [6, 6.07) is 11.5. The normalized spacial score (nSPS) is 11.6. The maximum Gasteiger partial charge on any atom is 0.335 e. The van der Waals surface area contributed by atoms with Gasteiger partial charge in [0, 0.05) is 18.3 Å². The SMILES string of the molecule is CCCN(C(=O)NS(=O)(=O)/C=C/c1ccc(F)cc1)c1cccc(OC(C)C)c1. The molecule has 2 aromatic carbocycles. The Morgan fingerprint density at radius 3 is 2.52 bits per heavy atom. The predicted molar refractivity (Wildman–Crippen MR) is 113 cm³/mol. The zero-order valence-electron chi connectivity index (χ0n) is 16.6. The molecule has 2 rings (SSSR count). The fraction of sp³-hybridized carbons (Fsp3) is 0.286. The second-order valence-electron chi connectivity index (χ2n) is 6.62. The molecule has 0 unspecified atom stereocenters. The van der Waals surface area contributed by atoms with Gasteiger partial charge in [-0.3, -0.25) is 4.90 Å². The van der Waals surface area contributed by atoms with Gasteiger partial charge in [-0.2, -0.15) is 0 Å². The van der Waals surface area contributed by atoms with Crippen LogP contribution in [-0.4, -0.2) is 27.1 Å². The summed E-state index contributed by atoms with van der Waals surface area (Å²) in [5, 5.41) is 0.876. The van der Waals surface area contributed by atoms with E-state index in [1.807, 2.05) is 25.5 Å². The smallest absolute Gasteiger partial charge is 0.335 e. The number of hydrogen-bond acceptors (Lipinski definition) is 4. The van der Waals surface area contributed by atoms with E-state index in [1.165, 1.54) is 35.2 Å². The molecule has 0 heterocycles. The molecule has 8 heteroatoms. The molecule has 0 aliphatic rings. The largest absolute Gasteiger partial charge is 0.491 e. The van der Waals surface area contributed by atoms with Crippen LogP contribution in [0.15, 0.2) is 53.9 Å². The van der Waals surface area contributed by atoms with Crippen LogP contribution in [0.4, 0.5) is 14.9 Å². The fourth-order valence-corrected chi connectivity index (χ4v) is 3.28. The molecule has 0 spiro atoms. The molecule has 0 bridgehead atoms. The highest BCUT2D eigenvalue weighted by Crippen LogP contribution is 2.22. The molecule has 0 aliphatic heterocycles. The van der Waals surface area contributed by atoms with Crippen molar-refractivity contribution < 1.29 is 22.3 Å². The first-order valence-corrected chi connectivity index (χ1v) is 10.8. The fourth-order valence-electron chi connectivity index (χ4n) is 2.52. The first-order valence-electron chi connectivity index (χ1n) is 9.25. The summed E-state index contributed by atoms with van der Waals surface area (Å²) in [5.74, 6) is 0.169. The van der Waals surface area contributed by atoms with Gasteiger partial charge in [0.1, 0.15) is 11.6 Å².